The van der Waals surface area contributed by atoms with Crippen molar-refractivity contribution in [1.82, 2.24) is 0 Å². The average molecular weight is 290 g/mol. The van der Waals surface area contributed by atoms with Crippen LogP contribution in [0.2, 0.25) is 0 Å². The monoisotopic (exact) mass is 290 g/mol. The van der Waals surface area contributed by atoms with Crippen molar-refractivity contribution >= 4 is 5.97 Å². The summed E-state index contributed by atoms with van der Waals surface area (Å²) in [5, 5.41) is 0. The summed E-state index contributed by atoms with van der Waals surface area (Å²) in [7, 11) is 0. The van der Waals surface area contributed by atoms with Gasteiger partial charge in [0.2, 0.25) is 0 Å². The molecule has 0 N–H and O–H groups in total. The predicted molar refractivity (Wildman–Crippen MR) is 88.5 cm³/mol. The minimum Gasteiger partial charge on any atom is -0.462 e. The van der Waals surface area contributed by atoms with Crippen LogP contribution in [-0.4, -0.2) is 12.6 Å². The Hall–Kier alpha value is -1.31. The first-order chi connectivity index (χ1) is 10.3. The van der Waals surface area contributed by atoms with E-state index in [9.17, 15) is 4.79 Å². The minimum absolute atomic E-state index is 0.197. The number of unbranched alkanes of at least 4 members (excludes halogenated alkanes) is 5. The molecule has 2 nitrogen and oxygen atoms in total. The summed E-state index contributed by atoms with van der Waals surface area (Å²) in [6.07, 6.45) is 10.2. The smallest absolute Gasteiger partial charge is 0.338 e. The van der Waals surface area contributed by atoms with E-state index >= 15 is 0 Å². The molecule has 0 bridgehead atoms. The summed E-state index contributed by atoms with van der Waals surface area (Å²) in [6, 6.07) is 9.24. The van der Waals surface area contributed by atoms with Gasteiger partial charge in [0.1, 0.15) is 0 Å². The summed E-state index contributed by atoms with van der Waals surface area (Å²) in [5.41, 5.74) is 0.645. The maximum Gasteiger partial charge on any atom is 0.338 e. The van der Waals surface area contributed by atoms with E-state index in [-0.39, 0.29) is 5.97 Å². The predicted octanol–water partition coefficient (Wildman–Crippen LogP) is 5.62. The van der Waals surface area contributed by atoms with Crippen molar-refractivity contribution in [2.45, 2.75) is 65.2 Å². The zero-order chi connectivity index (χ0) is 15.3. The standard InChI is InChI=1S/C19H30O2/c1-3-5-6-7-8-10-13-17(4-2)16-21-19(20)18-14-11-9-12-15-18/h9,11-12,14-15,17H,3-8,10,13,16H2,1-2H3. The van der Waals surface area contributed by atoms with Crippen molar-refractivity contribution in [3.63, 3.8) is 0 Å². The number of hydrogen-bond acceptors (Lipinski definition) is 2. The number of esters is 1. The van der Waals surface area contributed by atoms with Gasteiger partial charge in [-0.15, -0.1) is 0 Å². The van der Waals surface area contributed by atoms with Gasteiger partial charge in [0, 0.05) is 0 Å². The van der Waals surface area contributed by atoms with Crippen molar-refractivity contribution in [1.29, 1.82) is 0 Å². The van der Waals surface area contributed by atoms with Crippen LogP contribution in [0.3, 0.4) is 0 Å². The van der Waals surface area contributed by atoms with Crippen molar-refractivity contribution in [2.24, 2.45) is 5.92 Å². The number of benzene rings is 1. The Kier molecular flexibility index (Phi) is 9.60. The average Bonchev–Trinajstić information content (AvgIpc) is 2.54. The Bertz CT molecular complexity index is 372. The van der Waals surface area contributed by atoms with Gasteiger partial charge in [-0.3, -0.25) is 0 Å². The summed E-state index contributed by atoms with van der Waals surface area (Å²) in [6.45, 7) is 4.98. The minimum atomic E-state index is -0.197. The lowest BCUT2D eigenvalue weighted by Gasteiger charge is -2.15. The molecule has 1 atom stereocenters. The van der Waals surface area contributed by atoms with Gasteiger partial charge in [0.05, 0.1) is 12.2 Å². The van der Waals surface area contributed by atoms with Crippen LogP contribution in [0.25, 0.3) is 0 Å². The number of hydrogen-bond donors (Lipinski definition) is 0. The number of carbonyl (C=O) groups excluding carboxylic acids is 1. The molecule has 0 radical (unpaired) electrons. The highest BCUT2D eigenvalue weighted by molar-refractivity contribution is 5.89. The summed E-state index contributed by atoms with van der Waals surface area (Å²) in [4.78, 5) is 11.9. The fourth-order valence-electron chi connectivity index (χ4n) is 2.47. The van der Waals surface area contributed by atoms with Crippen LogP contribution >= 0.6 is 0 Å². The highest BCUT2D eigenvalue weighted by atomic mass is 16.5. The van der Waals surface area contributed by atoms with E-state index in [0.29, 0.717) is 18.1 Å². The molecule has 2 heteroatoms. The summed E-state index contributed by atoms with van der Waals surface area (Å²) < 4.78 is 5.44. The van der Waals surface area contributed by atoms with Crippen LogP contribution in [0, 0.1) is 5.92 Å². The third-order valence-corrected chi connectivity index (χ3v) is 4.00. The highest BCUT2D eigenvalue weighted by Gasteiger charge is 2.11. The van der Waals surface area contributed by atoms with E-state index in [4.69, 9.17) is 4.74 Å². The Morgan fingerprint density at radius 3 is 2.33 bits per heavy atom. The van der Waals surface area contributed by atoms with Gasteiger partial charge in [0.25, 0.3) is 0 Å². The highest BCUT2D eigenvalue weighted by Crippen LogP contribution is 2.16. The summed E-state index contributed by atoms with van der Waals surface area (Å²) in [5.74, 6) is 0.306. The normalized spacial score (nSPS) is 12.1. The molecule has 0 aromatic heterocycles. The van der Waals surface area contributed by atoms with E-state index in [1.165, 1.54) is 44.9 Å². The molecule has 0 amide bonds. The van der Waals surface area contributed by atoms with Crippen LogP contribution in [0.5, 0.6) is 0 Å². The van der Waals surface area contributed by atoms with Gasteiger partial charge < -0.3 is 4.74 Å². The molecule has 0 saturated heterocycles. The maximum atomic E-state index is 11.9. The fourth-order valence-corrected chi connectivity index (χ4v) is 2.47. The van der Waals surface area contributed by atoms with Gasteiger partial charge in [-0.05, 0) is 24.5 Å². The molecule has 0 heterocycles. The molecule has 21 heavy (non-hydrogen) atoms. The van der Waals surface area contributed by atoms with E-state index in [0.717, 1.165) is 6.42 Å². The fraction of sp³-hybridized carbons (Fsp3) is 0.632. The summed E-state index contributed by atoms with van der Waals surface area (Å²) >= 11 is 0. The number of rotatable bonds is 11. The second-order valence-electron chi connectivity index (χ2n) is 5.80. The van der Waals surface area contributed by atoms with Gasteiger partial charge >= 0.3 is 5.97 Å². The first-order valence-corrected chi connectivity index (χ1v) is 8.50. The van der Waals surface area contributed by atoms with E-state index < -0.39 is 0 Å². The van der Waals surface area contributed by atoms with Crippen LogP contribution < -0.4 is 0 Å². The Labute approximate surface area is 129 Å². The first-order valence-electron chi connectivity index (χ1n) is 8.50. The molecular formula is C19H30O2. The molecule has 118 valence electrons. The molecule has 0 aliphatic rings. The largest absolute Gasteiger partial charge is 0.462 e. The second kappa shape index (κ2) is 11.4. The Morgan fingerprint density at radius 2 is 1.67 bits per heavy atom. The molecule has 0 spiro atoms. The zero-order valence-corrected chi connectivity index (χ0v) is 13.6. The molecule has 1 aromatic rings. The molecule has 1 aromatic carbocycles. The van der Waals surface area contributed by atoms with Crippen molar-refractivity contribution in [3.05, 3.63) is 35.9 Å². The lowest BCUT2D eigenvalue weighted by atomic mass is 9.98. The van der Waals surface area contributed by atoms with Crippen molar-refractivity contribution < 1.29 is 9.53 Å². The van der Waals surface area contributed by atoms with E-state index in [1.807, 2.05) is 18.2 Å². The van der Waals surface area contributed by atoms with Crippen LogP contribution in [0.15, 0.2) is 30.3 Å². The van der Waals surface area contributed by atoms with E-state index in [1.54, 1.807) is 12.1 Å². The van der Waals surface area contributed by atoms with Crippen molar-refractivity contribution in [3.8, 4) is 0 Å². The maximum absolute atomic E-state index is 11.9. The number of carbonyl (C=O) groups is 1. The van der Waals surface area contributed by atoms with Crippen LogP contribution in [0.1, 0.15) is 75.6 Å². The Morgan fingerprint density at radius 1 is 1.00 bits per heavy atom. The van der Waals surface area contributed by atoms with Crippen molar-refractivity contribution in [2.75, 3.05) is 6.61 Å². The molecule has 1 unspecified atom stereocenters. The lowest BCUT2D eigenvalue weighted by molar-refractivity contribution is 0.0428. The quantitative estimate of drug-likeness (QED) is 0.390. The second-order valence-corrected chi connectivity index (χ2v) is 5.80. The lowest BCUT2D eigenvalue weighted by Crippen LogP contribution is -2.14. The van der Waals surface area contributed by atoms with Gasteiger partial charge in [0.15, 0.2) is 0 Å². The molecule has 0 saturated carbocycles. The number of ether oxygens (including phenoxy) is 1. The third kappa shape index (κ3) is 7.89. The van der Waals surface area contributed by atoms with Gasteiger partial charge in [-0.25, -0.2) is 4.79 Å². The molecular weight excluding hydrogens is 260 g/mol. The molecule has 0 fully saturated rings. The topological polar surface area (TPSA) is 26.3 Å². The van der Waals surface area contributed by atoms with Gasteiger partial charge in [-0.2, -0.15) is 0 Å². The van der Waals surface area contributed by atoms with Crippen LogP contribution in [0.4, 0.5) is 0 Å². The molecule has 1 rings (SSSR count). The molecule has 0 aliphatic carbocycles. The third-order valence-electron chi connectivity index (χ3n) is 4.00. The van der Waals surface area contributed by atoms with E-state index in [2.05, 4.69) is 13.8 Å². The SMILES string of the molecule is CCCCCCCCC(CC)COC(=O)c1ccccc1. The van der Waals surface area contributed by atoms with Gasteiger partial charge in [-0.1, -0.05) is 77.0 Å². The first kappa shape index (κ1) is 17.7. The zero-order valence-electron chi connectivity index (χ0n) is 13.6. The Balaban J connectivity index is 2.17. The molecule has 0 aliphatic heterocycles. The van der Waals surface area contributed by atoms with Crippen LogP contribution in [-0.2, 0) is 4.74 Å².